The van der Waals surface area contributed by atoms with Crippen LogP contribution < -0.4 is 10.5 Å². The van der Waals surface area contributed by atoms with Crippen molar-refractivity contribution in [3.8, 4) is 0 Å². The molecule has 3 rings (SSSR count). The van der Waals surface area contributed by atoms with Gasteiger partial charge in [0, 0.05) is 20.0 Å². The standard InChI is InChI=1S/C21H23ClFN5O3S/c1-10-6-8-14(23)16(11(10)2)12(3)17(19-25-26-21(30)31-19)27-32-15-9-7-13(22)18(24-15)20(29)28(4)5/h6-9,12,17,27H,1-5H3,(H,26,30)/t12-,17?/m1/s1. The molecule has 0 aliphatic heterocycles. The van der Waals surface area contributed by atoms with Gasteiger partial charge < -0.3 is 9.32 Å². The van der Waals surface area contributed by atoms with E-state index >= 15 is 0 Å². The Balaban J connectivity index is 1.94. The number of aromatic amines is 1. The second-order valence-electron chi connectivity index (χ2n) is 7.52. The van der Waals surface area contributed by atoms with Gasteiger partial charge in [0.05, 0.1) is 5.02 Å². The molecule has 2 aromatic heterocycles. The zero-order valence-electron chi connectivity index (χ0n) is 18.2. The van der Waals surface area contributed by atoms with Crippen molar-refractivity contribution < 1.29 is 13.6 Å². The summed E-state index contributed by atoms with van der Waals surface area (Å²) in [5.41, 5.74) is 2.34. The number of aryl methyl sites for hydroxylation is 1. The van der Waals surface area contributed by atoms with Crippen molar-refractivity contribution in [3.05, 3.63) is 73.9 Å². The molecular weight excluding hydrogens is 457 g/mol. The van der Waals surface area contributed by atoms with Crippen LogP contribution in [0.15, 0.2) is 38.5 Å². The number of nitrogens with one attached hydrogen (secondary N) is 2. The molecule has 0 radical (unpaired) electrons. The molecule has 0 fully saturated rings. The summed E-state index contributed by atoms with van der Waals surface area (Å²) >= 11 is 7.23. The van der Waals surface area contributed by atoms with Crippen LogP contribution in [0.3, 0.4) is 0 Å². The van der Waals surface area contributed by atoms with Gasteiger partial charge >= 0.3 is 5.76 Å². The largest absolute Gasteiger partial charge is 0.434 e. The number of rotatable bonds is 7. The summed E-state index contributed by atoms with van der Waals surface area (Å²) in [4.78, 5) is 29.6. The fraction of sp³-hybridized carbons (Fsp3) is 0.333. The first-order valence-corrected chi connectivity index (χ1v) is 10.9. The molecule has 0 saturated carbocycles. The van der Waals surface area contributed by atoms with Gasteiger partial charge in [-0.05, 0) is 60.7 Å². The second-order valence-corrected chi connectivity index (χ2v) is 8.79. The van der Waals surface area contributed by atoms with Crippen LogP contribution in [0.25, 0.3) is 0 Å². The highest BCUT2D eigenvalue weighted by Gasteiger charge is 2.30. The molecule has 0 bridgehead atoms. The van der Waals surface area contributed by atoms with Crippen LogP contribution in [-0.2, 0) is 0 Å². The van der Waals surface area contributed by atoms with E-state index in [2.05, 4.69) is 19.9 Å². The number of benzene rings is 1. The molecule has 2 atom stereocenters. The van der Waals surface area contributed by atoms with E-state index in [9.17, 15) is 14.0 Å². The predicted molar refractivity (Wildman–Crippen MR) is 120 cm³/mol. The molecule has 0 spiro atoms. The van der Waals surface area contributed by atoms with Gasteiger partial charge in [0.2, 0.25) is 5.89 Å². The molecule has 32 heavy (non-hydrogen) atoms. The van der Waals surface area contributed by atoms with Crippen molar-refractivity contribution in [1.29, 1.82) is 0 Å². The average molecular weight is 480 g/mol. The lowest BCUT2D eigenvalue weighted by molar-refractivity contribution is 0.0821. The van der Waals surface area contributed by atoms with Crippen LogP contribution in [0.5, 0.6) is 0 Å². The fourth-order valence-corrected chi connectivity index (χ4v) is 4.25. The van der Waals surface area contributed by atoms with Gasteiger partial charge in [-0.1, -0.05) is 24.6 Å². The van der Waals surface area contributed by atoms with E-state index in [1.54, 1.807) is 32.3 Å². The minimum absolute atomic E-state index is 0.0776. The van der Waals surface area contributed by atoms with E-state index in [1.165, 1.54) is 11.0 Å². The molecule has 0 saturated heterocycles. The summed E-state index contributed by atoms with van der Waals surface area (Å²) in [5.74, 6) is -1.79. The monoisotopic (exact) mass is 479 g/mol. The van der Waals surface area contributed by atoms with Crippen molar-refractivity contribution >= 4 is 29.5 Å². The minimum Gasteiger partial charge on any atom is -0.391 e. The van der Waals surface area contributed by atoms with Gasteiger partial charge in [-0.25, -0.2) is 24.0 Å². The molecule has 1 amide bonds. The molecule has 8 nitrogen and oxygen atoms in total. The van der Waals surface area contributed by atoms with Crippen LogP contribution in [0.1, 0.15) is 52.0 Å². The van der Waals surface area contributed by atoms with E-state index < -0.39 is 17.7 Å². The predicted octanol–water partition coefficient (Wildman–Crippen LogP) is 4.01. The van der Waals surface area contributed by atoms with Crippen LogP contribution in [0.2, 0.25) is 5.02 Å². The molecule has 3 aromatic rings. The first-order valence-electron chi connectivity index (χ1n) is 9.71. The maximum absolute atomic E-state index is 14.8. The molecule has 0 aliphatic carbocycles. The fourth-order valence-electron chi connectivity index (χ4n) is 3.24. The molecule has 2 heterocycles. The third-order valence-corrected chi connectivity index (χ3v) is 6.24. The van der Waals surface area contributed by atoms with Crippen molar-refractivity contribution in [2.75, 3.05) is 14.1 Å². The topological polar surface area (TPSA) is 104 Å². The highest BCUT2D eigenvalue weighted by molar-refractivity contribution is 7.97. The number of H-pyrrole nitrogens is 1. The van der Waals surface area contributed by atoms with Gasteiger partial charge in [-0.15, -0.1) is 5.10 Å². The van der Waals surface area contributed by atoms with Gasteiger partial charge in [-0.2, -0.15) is 0 Å². The van der Waals surface area contributed by atoms with E-state index in [0.717, 1.165) is 23.1 Å². The number of hydrogen-bond acceptors (Lipinski definition) is 7. The zero-order valence-corrected chi connectivity index (χ0v) is 19.8. The maximum atomic E-state index is 14.8. The molecule has 1 unspecified atom stereocenters. The Labute approximate surface area is 193 Å². The number of amides is 1. The van der Waals surface area contributed by atoms with Crippen molar-refractivity contribution in [2.24, 2.45) is 0 Å². The SMILES string of the molecule is Cc1ccc(F)c([C@@H](C)C(NSc2ccc(Cl)c(C(=O)N(C)C)n2)c2n[nH]c(=O)o2)c1C. The molecule has 2 N–H and O–H groups in total. The Morgan fingerprint density at radius 3 is 2.62 bits per heavy atom. The Kier molecular flexibility index (Phi) is 7.37. The minimum atomic E-state index is -0.714. The average Bonchev–Trinajstić information content (AvgIpc) is 3.17. The Morgan fingerprint density at radius 2 is 2.00 bits per heavy atom. The third-order valence-electron chi connectivity index (χ3n) is 5.13. The first-order chi connectivity index (χ1) is 15.1. The highest BCUT2D eigenvalue weighted by Crippen LogP contribution is 2.36. The number of halogens is 2. The number of carbonyl (C=O) groups is 1. The first kappa shape index (κ1) is 24.0. The number of aromatic nitrogens is 3. The van der Waals surface area contributed by atoms with Crippen LogP contribution >= 0.6 is 23.5 Å². The molecule has 170 valence electrons. The van der Waals surface area contributed by atoms with Crippen molar-refractivity contribution in [2.45, 2.75) is 37.8 Å². The lowest BCUT2D eigenvalue weighted by Crippen LogP contribution is -2.24. The lowest BCUT2D eigenvalue weighted by atomic mass is 9.88. The molecule has 0 aliphatic rings. The Bertz CT molecular complexity index is 1200. The second kappa shape index (κ2) is 9.85. The summed E-state index contributed by atoms with van der Waals surface area (Å²) in [5, 5.41) is 6.86. The highest BCUT2D eigenvalue weighted by atomic mass is 35.5. The van der Waals surface area contributed by atoms with Crippen LogP contribution in [-0.4, -0.2) is 40.1 Å². The van der Waals surface area contributed by atoms with Gasteiger partial charge in [0.1, 0.15) is 22.6 Å². The van der Waals surface area contributed by atoms with E-state index in [0.29, 0.717) is 10.6 Å². The Hall–Kier alpha value is -2.69. The van der Waals surface area contributed by atoms with Gasteiger partial charge in [0.15, 0.2) is 0 Å². The molecule has 1 aromatic carbocycles. The quantitative estimate of drug-likeness (QED) is 0.493. The van der Waals surface area contributed by atoms with Crippen molar-refractivity contribution in [1.82, 2.24) is 24.8 Å². The van der Waals surface area contributed by atoms with Crippen LogP contribution in [0, 0.1) is 19.7 Å². The van der Waals surface area contributed by atoms with E-state index in [4.69, 9.17) is 16.0 Å². The lowest BCUT2D eigenvalue weighted by Gasteiger charge is -2.24. The summed E-state index contributed by atoms with van der Waals surface area (Å²) in [7, 11) is 3.21. The smallest absolute Gasteiger partial charge is 0.391 e. The number of pyridine rings is 1. The number of carbonyl (C=O) groups excluding carboxylic acids is 1. The van der Waals surface area contributed by atoms with E-state index in [1.807, 2.05) is 20.8 Å². The summed E-state index contributed by atoms with van der Waals surface area (Å²) in [6.07, 6.45) is 0. The van der Waals surface area contributed by atoms with E-state index in [-0.39, 0.29) is 28.3 Å². The maximum Gasteiger partial charge on any atom is 0.434 e. The number of hydrogen-bond donors (Lipinski definition) is 2. The van der Waals surface area contributed by atoms with Crippen molar-refractivity contribution in [3.63, 3.8) is 0 Å². The molecular formula is C21H23ClFN5O3S. The summed E-state index contributed by atoms with van der Waals surface area (Å²) < 4.78 is 23.1. The zero-order chi connectivity index (χ0) is 23.6. The summed E-state index contributed by atoms with van der Waals surface area (Å²) in [6, 6.07) is 5.67. The summed E-state index contributed by atoms with van der Waals surface area (Å²) in [6.45, 7) is 5.56. The normalized spacial score (nSPS) is 13.1. The number of nitrogens with zero attached hydrogens (tertiary/aromatic N) is 3. The molecule has 11 heteroatoms. The van der Waals surface area contributed by atoms with Crippen LogP contribution in [0.4, 0.5) is 4.39 Å². The van der Waals surface area contributed by atoms with Gasteiger partial charge in [-0.3, -0.25) is 4.79 Å². The third kappa shape index (κ3) is 5.03. The Morgan fingerprint density at radius 1 is 1.28 bits per heavy atom. The van der Waals surface area contributed by atoms with Gasteiger partial charge in [0.25, 0.3) is 5.91 Å².